The van der Waals surface area contributed by atoms with Crippen molar-refractivity contribution >= 4 is 46.4 Å². The van der Waals surface area contributed by atoms with E-state index in [4.69, 9.17) is 11.6 Å². The molecule has 0 spiro atoms. The molecule has 7 nitrogen and oxygen atoms in total. The van der Waals surface area contributed by atoms with Gasteiger partial charge in [-0.25, -0.2) is 9.97 Å². The van der Waals surface area contributed by atoms with E-state index < -0.39 is 23.6 Å². The molecule has 36 heavy (non-hydrogen) atoms. The van der Waals surface area contributed by atoms with E-state index in [1.807, 2.05) is 30.3 Å². The number of nitrogens with one attached hydrogen (secondary N) is 3. The van der Waals surface area contributed by atoms with Gasteiger partial charge in [-0.1, -0.05) is 35.9 Å². The highest BCUT2D eigenvalue weighted by molar-refractivity contribution is 6.34. The van der Waals surface area contributed by atoms with Crippen LogP contribution in [-0.4, -0.2) is 21.8 Å². The molecule has 0 bridgehead atoms. The summed E-state index contributed by atoms with van der Waals surface area (Å²) in [6, 6.07) is 17.4. The molecule has 182 valence electrons. The van der Waals surface area contributed by atoms with E-state index >= 15 is 0 Å². The zero-order valence-corrected chi connectivity index (χ0v) is 19.1. The molecule has 1 aromatic heterocycles. The van der Waals surface area contributed by atoms with E-state index in [0.29, 0.717) is 11.6 Å². The van der Waals surface area contributed by atoms with Gasteiger partial charge in [0.2, 0.25) is 5.95 Å². The lowest BCUT2D eigenvalue weighted by atomic mass is 10.1. The zero-order chi connectivity index (χ0) is 25.7. The highest BCUT2D eigenvalue weighted by Crippen LogP contribution is 2.30. The Morgan fingerprint density at radius 3 is 2.14 bits per heavy atom. The van der Waals surface area contributed by atoms with Crippen LogP contribution in [0.1, 0.15) is 26.3 Å². The number of benzene rings is 3. The molecular formula is C25H17ClF3N5O2. The highest BCUT2D eigenvalue weighted by atomic mass is 35.5. The first kappa shape index (κ1) is 24.7. The first-order chi connectivity index (χ1) is 17.2. The number of anilines is 4. The number of amides is 2. The lowest BCUT2D eigenvalue weighted by Crippen LogP contribution is -2.16. The van der Waals surface area contributed by atoms with Crippen LogP contribution in [0.2, 0.25) is 5.02 Å². The number of hydrogen-bond acceptors (Lipinski definition) is 5. The monoisotopic (exact) mass is 511 g/mol. The van der Waals surface area contributed by atoms with Gasteiger partial charge in [-0.05, 0) is 48.5 Å². The van der Waals surface area contributed by atoms with Gasteiger partial charge in [-0.2, -0.15) is 13.2 Å². The van der Waals surface area contributed by atoms with E-state index in [9.17, 15) is 22.8 Å². The van der Waals surface area contributed by atoms with Gasteiger partial charge >= 0.3 is 6.18 Å². The van der Waals surface area contributed by atoms with Crippen LogP contribution in [0.15, 0.2) is 85.2 Å². The Labute approximate surface area is 208 Å². The van der Waals surface area contributed by atoms with Gasteiger partial charge in [-0.15, -0.1) is 0 Å². The second-order valence-corrected chi connectivity index (χ2v) is 7.88. The maximum absolute atomic E-state index is 12.9. The largest absolute Gasteiger partial charge is 0.416 e. The van der Waals surface area contributed by atoms with E-state index in [2.05, 4.69) is 25.9 Å². The summed E-state index contributed by atoms with van der Waals surface area (Å²) < 4.78 is 38.8. The lowest BCUT2D eigenvalue weighted by molar-refractivity contribution is -0.137. The summed E-state index contributed by atoms with van der Waals surface area (Å²) in [5.74, 6) is -1.04. The molecule has 0 unspecified atom stereocenters. The molecule has 0 atom stereocenters. The third kappa shape index (κ3) is 6.16. The number of nitrogens with zero attached hydrogens (tertiary/aromatic N) is 2. The minimum absolute atomic E-state index is 0.0324. The highest BCUT2D eigenvalue weighted by Gasteiger charge is 2.31. The van der Waals surface area contributed by atoms with E-state index in [-0.39, 0.29) is 21.8 Å². The fourth-order valence-corrected chi connectivity index (χ4v) is 3.33. The minimum Gasteiger partial charge on any atom is -0.324 e. The normalized spacial score (nSPS) is 11.0. The Morgan fingerprint density at radius 2 is 1.44 bits per heavy atom. The molecule has 3 aromatic carbocycles. The van der Waals surface area contributed by atoms with Crippen molar-refractivity contribution in [3.05, 3.63) is 107 Å². The van der Waals surface area contributed by atoms with Gasteiger partial charge in [-0.3, -0.25) is 9.59 Å². The van der Waals surface area contributed by atoms with Crippen molar-refractivity contribution in [3.8, 4) is 0 Å². The van der Waals surface area contributed by atoms with Gasteiger partial charge in [0, 0.05) is 16.9 Å². The first-order valence-electron chi connectivity index (χ1n) is 10.4. The van der Waals surface area contributed by atoms with Gasteiger partial charge < -0.3 is 16.0 Å². The van der Waals surface area contributed by atoms with Crippen molar-refractivity contribution in [1.82, 2.24) is 9.97 Å². The van der Waals surface area contributed by atoms with Crippen LogP contribution in [0.25, 0.3) is 0 Å². The second-order valence-electron chi connectivity index (χ2n) is 7.47. The molecule has 2 amide bonds. The molecule has 0 fully saturated rings. The van der Waals surface area contributed by atoms with Crippen molar-refractivity contribution in [2.24, 2.45) is 0 Å². The fraction of sp³-hybridized carbons (Fsp3) is 0.0400. The van der Waals surface area contributed by atoms with Crippen molar-refractivity contribution < 1.29 is 22.8 Å². The third-order valence-corrected chi connectivity index (χ3v) is 5.19. The smallest absolute Gasteiger partial charge is 0.324 e. The number of carbonyl (C=O) groups excluding carboxylic acids is 2. The molecule has 0 aliphatic carbocycles. The Morgan fingerprint density at radius 1 is 0.750 bits per heavy atom. The number of alkyl halides is 3. The Bertz CT molecular complexity index is 1400. The fourth-order valence-electron chi connectivity index (χ4n) is 3.12. The van der Waals surface area contributed by atoms with Gasteiger partial charge in [0.1, 0.15) is 0 Å². The summed E-state index contributed by atoms with van der Waals surface area (Å²) >= 11 is 6.16. The van der Waals surface area contributed by atoms with Crippen LogP contribution in [-0.2, 0) is 6.18 Å². The molecule has 3 N–H and O–H groups in total. The standard InChI is InChI=1S/C25H17ClF3N5O2/c26-21-10-9-18(32-22(35)15-5-4-6-16(11-15)25(27,28)29)12-20(21)23(36)33-19-13-30-24(31-14-19)34-17-7-2-1-3-8-17/h1-14H,(H,32,35)(H,33,36)(H,30,31,34). The second kappa shape index (κ2) is 10.4. The minimum atomic E-state index is -4.58. The Kier molecular flexibility index (Phi) is 7.16. The van der Waals surface area contributed by atoms with Crippen LogP contribution in [0, 0.1) is 0 Å². The molecule has 4 aromatic rings. The molecule has 0 radical (unpaired) electrons. The summed E-state index contributed by atoms with van der Waals surface area (Å²) in [7, 11) is 0. The van der Waals surface area contributed by atoms with Crippen molar-refractivity contribution in [2.75, 3.05) is 16.0 Å². The summed E-state index contributed by atoms with van der Waals surface area (Å²) in [4.78, 5) is 33.6. The maximum Gasteiger partial charge on any atom is 0.416 e. The summed E-state index contributed by atoms with van der Waals surface area (Å²) in [6.07, 6.45) is -1.77. The molecule has 0 aliphatic rings. The molecule has 0 saturated carbocycles. The van der Waals surface area contributed by atoms with Gasteiger partial charge in [0.15, 0.2) is 0 Å². The topological polar surface area (TPSA) is 96.0 Å². The Hall–Kier alpha value is -4.44. The summed E-state index contributed by atoms with van der Waals surface area (Å²) in [5.41, 5.74) is 0.166. The number of carbonyl (C=O) groups is 2. The molecule has 4 rings (SSSR count). The van der Waals surface area contributed by atoms with Crippen LogP contribution in [0.3, 0.4) is 0 Å². The van der Waals surface area contributed by atoms with Crippen LogP contribution < -0.4 is 16.0 Å². The molecule has 1 heterocycles. The predicted molar refractivity (Wildman–Crippen MR) is 131 cm³/mol. The van der Waals surface area contributed by atoms with E-state index in [1.54, 1.807) is 0 Å². The van der Waals surface area contributed by atoms with Crippen molar-refractivity contribution in [3.63, 3.8) is 0 Å². The number of para-hydroxylation sites is 1. The van der Waals surface area contributed by atoms with Gasteiger partial charge in [0.25, 0.3) is 11.8 Å². The summed E-state index contributed by atoms with van der Waals surface area (Å²) in [5, 5.41) is 8.21. The summed E-state index contributed by atoms with van der Waals surface area (Å²) in [6.45, 7) is 0. The van der Waals surface area contributed by atoms with Gasteiger partial charge in [0.05, 0.1) is 34.2 Å². The average molecular weight is 512 g/mol. The number of aromatic nitrogens is 2. The number of halogens is 4. The van der Waals surface area contributed by atoms with Crippen LogP contribution in [0.5, 0.6) is 0 Å². The first-order valence-corrected chi connectivity index (χ1v) is 10.8. The zero-order valence-electron chi connectivity index (χ0n) is 18.3. The Balaban J connectivity index is 1.44. The SMILES string of the molecule is O=C(Nc1ccc(Cl)c(C(=O)Nc2cnc(Nc3ccccc3)nc2)c1)c1cccc(C(F)(F)F)c1. The predicted octanol–water partition coefficient (Wildman–Crippen LogP) is 6.40. The van der Waals surface area contributed by atoms with Crippen molar-refractivity contribution in [1.29, 1.82) is 0 Å². The molecule has 11 heteroatoms. The van der Waals surface area contributed by atoms with Crippen LogP contribution in [0.4, 0.5) is 36.2 Å². The maximum atomic E-state index is 12.9. The van der Waals surface area contributed by atoms with Crippen LogP contribution >= 0.6 is 11.6 Å². The third-order valence-electron chi connectivity index (χ3n) is 4.86. The number of hydrogen-bond donors (Lipinski definition) is 3. The lowest BCUT2D eigenvalue weighted by Gasteiger charge is -2.11. The quantitative estimate of drug-likeness (QED) is 0.278. The van der Waals surface area contributed by atoms with Crippen molar-refractivity contribution in [2.45, 2.75) is 6.18 Å². The molecule has 0 aliphatic heterocycles. The van der Waals surface area contributed by atoms with E-state index in [1.165, 1.54) is 36.7 Å². The number of rotatable bonds is 6. The van der Waals surface area contributed by atoms with E-state index in [0.717, 1.165) is 23.9 Å². The average Bonchev–Trinajstić information content (AvgIpc) is 2.86. The molecular weight excluding hydrogens is 495 g/mol. The molecule has 0 saturated heterocycles.